The van der Waals surface area contributed by atoms with Gasteiger partial charge in [-0.25, -0.2) is 0 Å². The molecule has 170 valence electrons. The Morgan fingerprint density at radius 3 is 2.33 bits per heavy atom. The van der Waals surface area contributed by atoms with Crippen molar-refractivity contribution >= 4 is 17.2 Å². The Labute approximate surface area is 195 Å². The summed E-state index contributed by atoms with van der Waals surface area (Å²) in [5, 5.41) is 2.94. The van der Waals surface area contributed by atoms with Crippen molar-refractivity contribution in [2.45, 2.75) is 26.2 Å². The Bertz CT molecular complexity index is 1170. The van der Waals surface area contributed by atoms with Crippen LogP contribution in [0.4, 0.5) is 5.69 Å². The molecular weight excluding hydrogens is 414 g/mol. The van der Waals surface area contributed by atoms with Crippen LogP contribution in [-0.4, -0.2) is 26.2 Å². The predicted molar refractivity (Wildman–Crippen MR) is 131 cm³/mol. The van der Waals surface area contributed by atoms with E-state index in [0.717, 1.165) is 16.7 Å². The fourth-order valence-electron chi connectivity index (χ4n) is 3.76. The highest BCUT2D eigenvalue weighted by Gasteiger charge is 2.17. The molecular formula is C28H29NO4. The third kappa shape index (κ3) is 5.20. The number of methoxy groups -OCH3 is 1. The standard InChI is InChI=1S/C28H29NO4/c1-28(2,3)20-11-9-19(10-12-20)23(22-7-5-6-8-24(22)31-4)18-27(30)29-21-13-14-25-26(17-21)33-16-15-32-25/h5-14,17-18H,15-16H2,1-4H3,(H,29,30)/b23-18-. The fourth-order valence-corrected chi connectivity index (χ4v) is 3.76. The Morgan fingerprint density at radius 2 is 1.64 bits per heavy atom. The zero-order chi connectivity index (χ0) is 23.4. The van der Waals surface area contributed by atoms with E-state index >= 15 is 0 Å². The van der Waals surface area contributed by atoms with Crippen molar-refractivity contribution < 1.29 is 19.0 Å². The molecule has 1 N–H and O–H groups in total. The Balaban J connectivity index is 1.69. The number of para-hydroxylation sites is 1. The molecule has 3 aromatic carbocycles. The van der Waals surface area contributed by atoms with Crippen molar-refractivity contribution in [1.29, 1.82) is 0 Å². The molecule has 3 aromatic rings. The van der Waals surface area contributed by atoms with Gasteiger partial charge < -0.3 is 19.5 Å². The van der Waals surface area contributed by atoms with Gasteiger partial charge in [0, 0.05) is 23.4 Å². The zero-order valence-corrected chi connectivity index (χ0v) is 19.5. The van der Waals surface area contributed by atoms with Gasteiger partial charge in [-0.1, -0.05) is 63.2 Å². The van der Waals surface area contributed by atoms with Gasteiger partial charge in [0.05, 0.1) is 7.11 Å². The molecule has 1 aliphatic heterocycles. The maximum absolute atomic E-state index is 13.1. The van der Waals surface area contributed by atoms with E-state index < -0.39 is 0 Å². The SMILES string of the molecule is COc1ccccc1/C(=C\C(=O)Nc1ccc2c(c1)OCCO2)c1ccc(C(C)(C)C)cc1. The van der Waals surface area contributed by atoms with E-state index in [-0.39, 0.29) is 11.3 Å². The predicted octanol–water partition coefficient (Wildman–Crippen LogP) is 5.83. The number of amides is 1. The van der Waals surface area contributed by atoms with Crippen LogP contribution in [0.1, 0.15) is 37.5 Å². The first-order valence-corrected chi connectivity index (χ1v) is 11.0. The lowest BCUT2D eigenvalue weighted by atomic mass is 9.85. The van der Waals surface area contributed by atoms with Crippen LogP contribution in [0.25, 0.3) is 5.57 Å². The third-order valence-corrected chi connectivity index (χ3v) is 5.54. The van der Waals surface area contributed by atoms with Crippen LogP contribution in [0.5, 0.6) is 17.2 Å². The van der Waals surface area contributed by atoms with Crippen molar-refractivity contribution in [2.75, 3.05) is 25.6 Å². The highest BCUT2D eigenvalue weighted by atomic mass is 16.6. The number of ether oxygens (including phenoxy) is 3. The van der Waals surface area contributed by atoms with Gasteiger partial charge in [0.1, 0.15) is 19.0 Å². The van der Waals surface area contributed by atoms with Gasteiger partial charge in [0.15, 0.2) is 11.5 Å². The molecule has 1 aliphatic rings. The molecule has 0 spiro atoms. The third-order valence-electron chi connectivity index (χ3n) is 5.54. The highest BCUT2D eigenvalue weighted by molar-refractivity contribution is 6.06. The van der Waals surface area contributed by atoms with E-state index in [1.165, 1.54) is 5.56 Å². The minimum atomic E-state index is -0.243. The van der Waals surface area contributed by atoms with Crippen molar-refractivity contribution in [3.05, 3.63) is 89.5 Å². The van der Waals surface area contributed by atoms with E-state index in [2.05, 4.69) is 50.4 Å². The zero-order valence-electron chi connectivity index (χ0n) is 19.5. The highest BCUT2D eigenvalue weighted by Crippen LogP contribution is 2.34. The number of fused-ring (bicyclic) bond motifs is 1. The van der Waals surface area contributed by atoms with Crippen molar-refractivity contribution in [1.82, 2.24) is 0 Å². The van der Waals surface area contributed by atoms with Gasteiger partial charge in [-0.15, -0.1) is 0 Å². The number of benzene rings is 3. The van der Waals surface area contributed by atoms with Crippen LogP contribution in [-0.2, 0) is 10.2 Å². The lowest BCUT2D eigenvalue weighted by Gasteiger charge is -2.20. The fraction of sp³-hybridized carbons (Fsp3) is 0.250. The first-order valence-electron chi connectivity index (χ1n) is 11.0. The molecule has 33 heavy (non-hydrogen) atoms. The van der Waals surface area contributed by atoms with Crippen LogP contribution in [0, 0.1) is 0 Å². The lowest BCUT2D eigenvalue weighted by molar-refractivity contribution is -0.111. The molecule has 0 bridgehead atoms. The van der Waals surface area contributed by atoms with Gasteiger partial charge in [-0.05, 0) is 40.3 Å². The summed E-state index contributed by atoms with van der Waals surface area (Å²) in [7, 11) is 1.63. The molecule has 0 saturated carbocycles. The molecule has 5 nitrogen and oxygen atoms in total. The van der Waals surface area contributed by atoms with E-state index in [1.54, 1.807) is 31.4 Å². The van der Waals surface area contributed by atoms with Crippen LogP contribution in [0.15, 0.2) is 72.8 Å². The summed E-state index contributed by atoms with van der Waals surface area (Å²) < 4.78 is 16.8. The minimum Gasteiger partial charge on any atom is -0.496 e. The summed E-state index contributed by atoms with van der Waals surface area (Å²) in [6.07, 6.45) is 1.61. The van der Waals surface area contributed by atoms with Gasteiger partial charge in [-0.3, -0.25) is 4.79 Å². The molecule has 5 heteroatoms. The summed E-state index contributed by atoms with van der Waals surface area (Å²) in [5.41, 5.74) is 4.48. The lowest BCUT2D eigenvalue weighted by Crippen LogP contribution is -2.16. The number of carbonyl (C=O) groups excluding carboxylic acids is 1. The Hall–Kier alpha value is -3.73. The van der Waals surface area contributed by atoms with E-state index in [1.807, 2.05) is 24.3 Å². The van der Waals surface area contributed by atoms with Gasteiger partial charge in [0.25, 0.3) is 0 Å². The first-order chi connectivity index (χ1) is 15.8. The molecule has 0 saturated heterocycles. The smallest absolute Gasteiger partial charge is 0.249 e. The molecule has 4 rings (SSSR count). The summed E-state index contributed by atoms with van der Waals surface area (Å²) in [6.45, 7) is 7.56. The van der Waals surface area contributed by atoms with Crippen LogP contribution >= 0.6 is 0 Å². The second-order valence-electron chi connectivity index (χ2n) is 8.93. The second kappa shape index (κ2) is 9.41. The quantitative estimate of drug-likeness (QED) is 0.504. The van der Waals surface area contributed by atoms with Crippen molar-refractivity contribution in [3.63, 3.8) is 0 Å². The molecule has 1 amide bonds. The molecule has 0 unspecified atom stereocenters. The topological polar surface area (TPSA) is 56.8 Å². The number of carbonyl (C=O) groups is 1. The van der Waals surface area contributed by atoms with E-state index in [4.69, 9.17) is 14.2 Å². The van der Waals surface area contributed by atoms with E-state index in [0.29, 0.717) is 36.1 Å². The van der Waals surface area contributed by atoms with Crippen LogP contribution in [0.3, 0.4) is 0 Å². The number of rotatable bonds is 5. The Morgan fingerprint density at radius 1 is 0.939 bits per heavy atom. The van der Waals surface area contributed by atoms with Gasteiger partial charge in [0.2, 0.25) is 5.91 Å². The molecule has 0 radical (unpaired) electrons. The average molecular weight is 444 g/mol. The van der Waals surface area contributed by atoms with Crippen LogP contribution < -0.4 is 19.5 Å². The summed E-state index contributed by atoms with van der Waals surface area (Å²) in [5.74, 6) is 1.78. The van der Waals surface area contributed by atoms with E-state index in [9.17, 15) is 4.79 Å². The maximum Gasteiger partial charge on any atom is 0.249 e. The summed E-state index contributed by atoms with van der Waals surface area (Å²) >= 11 is 0. The first kappa shape index (κ1) is 22.5. The van der Waals surface area contributed by atoms with Crippen LogP contribution in [0.2, 0.25) is 0 Å². The maximum atomic E-state index is 13.1. The second-order valence-corrected chi connectivity index (χ2v) is 8.93. The normalized spacial score (nSPS) is 13.4. The molecule has 0 atom stereocenters. The number of hydrogen-bond acceptors (Lipinski definition) is 4. The molecule has 0 aromatic heterocycles. The average Bonchev–Trinajstić information content (AvgIpc) is 2.82. The number of hydrogen-bond donors (Lipinski definition) is 1. The summed E-state index contributed by atoms with van der Waals surface area (Å²) in [6, 6.07) is 21.4. The molecule has 0 aliphatic carbocycles. The Kier molecular flexibility index (Phi) is 6.40. The molecule has 1 heterocycles. The largest absolute Gasteiger partial charge is 0.496 e. The number of nitrogens with one attached hydrogen (secondary N) is 1. The van der Waals surface area contributed by atoms with Gasteiger partial charge in [-0.2, -0.15) is 0 Å². The molecule has 0 fully saturated rings. The van der Waals surface area contributed by atoms with Crippen molar-refractivity contribution in [3.8, 4) is 17.2 Å². The summed E-state index contributed by atoms with van der Waals surface area (Å²) in [4.78, 5) is 13.1. The van der Waals surface area contributed by atoms with Gasteiger partial charge >= 0.3 is 0 Å². The number of anilines is 1. The monoisotopic (exact) mass is 443 g/mol. The minimum absolute atomic E-state index is 0.0441. The van der Waals surface area contributed by atoms with Crippen molar-refractivity contribution in [2.24, 2.45) is 0 Å².